The van der Waals surface area contributed by atoms with Crippen LogP contribution >= 0.6 is 0 Å². The van der Waals surface area contributed by atoms with Crippen LogP contribution in [0.4, 0.5) is 0 Å². The van der Waals surface area contributed by atoms with Crippen molar-refractivity contribution >= 4 is 22.7 Å². The Kier molecular flexibility index (Phi) is 4.19. The number of hydrogen-bond donors (Lipinski definition) is 2. The Balaban J connectivity index is 1.52. The number of aromatic nitrogens is 1. The quantitative estimate of drug-likeness (QED) is 0.659. The molecule has 1 aromatic heterocycles. The summed E-state index contributed by atoms with van der Waals surface area (Å²) in [5.74, 6) is 1.03. The van der Waals surface area contributed by atoms with Gasteiger partial charge in [0.15, 0.2) is 11.5 Å². The van der Waals surface area contributed by atoms with Gasteiger partial charge in [-0.2, -0.15) is 0 Å². The van der Waals surface area contributed by atoms with E-state index in [0.717, 1.165) is 27.7 Å². The first-order valence-corrected chi connectivity index (χ1v) is 10.8. The number of benzene rings is 2. The van der Waals surface area contributed by atoms with Crippen LogP contribution in [0.25, 0.3) is 10.9 Å². The van der Waals surface area contributed by atoms with E-state index in [9.17, 15) is 14.7 Å². The van der Waals surface area contributed by atoms with Crippen molar-refractivity contribution in [3.05, 3.63) is 59.3 Å². The average Bonchev–Trinajstić information content (AvgIpc) is 3.39. The van der Waals surface area contributed by atoms with Gasteiger partial charge < -0.3 is 29.4 Å². The van der Waals surface area contributed by atoms with Gasteiger partial charge in [0.1, 0.15) is 6.04 Å². The standard InChI is InChI=1S/C24H23N3O5/c1-13(28)10-26-11-21(29)27-18(24(26)30)9-16-15-4-2-3-5-17(15)25-22(16)23(27)14-6-7-19-20(8-14)32-12-31-19/h2-8,13,18,23,25,28H,9-12H2,1H3/t13?,18-,23-/m1/s1. The van der Waals surface area contributed by atoms with E-state index in [-0.39, 0.29) is 31.7 Å². The minimum Gasteiger partial charge on any atom is -0.454 e. The smallest absolute Gasteiger partial charge is 0.246 e. The Morgan fingerprint density at radius 3 is 2.81 bits per heavy atom. The fraction of sp³-hybridized carbons (Fsp3) is 0.333. The molecule has 1 unspecified atom stereocenters. The van der Waals surface area contributed by atoms with Gasteiger partial charge in [0.2, 0.25) is 18.6 Å². The Morgan fingerprint density at radius 1 is 1.16 bits per heavy atom. The first-order chi connectivity index (χ1) is 15.5. The number of aliphatic hydroxyl groups excluding tert-OH is 1. The SMILES string of the molecule is CC(O)CN1CC(=O)N2[C@H](c3ccc4c(c3)OCO4)c3[nH]c4ccccc4c3C[C@@H]2C1=O. The van der Waals surface area contributed by atoms with Gasteiger partial charge in [-0.25, -0.2) is 0 Å². The van der Waals surface area contributed by atoms with Crippen LogP contribution in [0.15, 0.2) is 42.5 Å². The third-order valence-electron chi connectivity index (χ3n) is 6.54. The molecule has 0 aliphatic carbocycles. The van der Waals surface area contributed by atoms with E-state index in [0.29, 0.717) is 17.9 Å². The molecule has 3 aromatic rings. The fourth-order valence-electron chi connectivity index (χ4n) is 5.23. The molecule has 3 atom stereocenters. The number of ether oxygens (including phenoxy) is 2. The Bertz CT molecular complexity index is 1250. The molecule has 1 saturated heterocycles. The molecule has 1 fully saturated rings. The van der Waals surface area contributed by atoms with Crippen LogP contribution < -0.4 is 9.47 Å². The van der Waals surface area contributed by atoms with Crippen LogP contribution in [-0.4, -0.2) is 63.7 Å². The highest BCUT2D eigenvalue weighted by Crippen LogP contribution is 2.44. The summed E-state index contributed by atoms with van der Waals surface area (Å²) in [5, 5.41) is 10.9. The second-order valence-corrected chi connectivity index (χ2v) is 8.67. The molecule has 3 aliphatic heterocycles. The number of carbonyl (C=O) groups excluding carboxylic acids is 2. The molecule has 0 radical (unpaired) electrons. The highest BCUT2D eigenvalue weighted by molar-refractivity contribution is 5.97. The number of H-pyrrole nitrogens is 1. The lowest BCUT2D eigenvalue weighted by Gasteiger charge is -2.47. The number of nitrogens with one attached hydrogen (secondary N) is 1. The Morgan fingerprint density at radius 2 is 1.97 bits per heavy atom. The van der Waals surface area contributed by atoms with Gasteiger partial charge in [0.05, 0.1) is 18.7 Å². The lowest BCUT2D eigenvalue weighted by Crippen LogP contribution is -2.63. The van der Waals surface area contributed by atoms with Crippen molar-refractivity contribution < 1.29 is 24.2 Å². The summed E-state index contributed by atoms with van der Waals surface area (Å²) in [6, 6.07) is 12.6. The van der Waals surface area contributed by atoms with E-state index in [1.165, 1.54) is 4.90 Å². The number of β-amino-alcohol motifs (C(OH)–C–C–N with tert-alkyl or cyclic N) is 1. The van der Waals surface area contributed by atoms with E-state index in [2.05, 4.69) is 4.98 Å². The first-order valence-electron chi connectivity index (χ1n) is 10.8. The number of para-hydroxylation sites is 1. The number of piperazine rings is 1. The highest BCUT2D eigenvalue weighted by Gasteiger charge is 2.48. The number of aliphatic hydroxyl groups is 1. The zero-order valence-electron chi connectivity index (χ0n) is 17.6. The summed E-state index contributed by atoms with van der Waals surface area (Å²) in [7, 11) is 0. The predicted molar refractivity (Wildman–Crippen MR) is 115 cm³/mol. The number of nitrogens with zero attached hydrogens (tertiary/aromatic N) is 2. The molecule has 2 N–H and O–H groups in total. The molecule has 6 rings (SSSR count). The van der Waals surface area contributed by atoms with Crippen LogP contribution in [0.3, 0.4) is 0 Å². The van der Waals surface area contributed by atoms with E-state index in [4.69, 9.17) is 9.47 Å². The maximum atomic E-state index is 13.4. The lowest BCUT2D eigenvalue weighted by molar-refractivity contribution is -0.159. The number of hydrogen-bond acceptors (Lipinski definition) is 5. The van der Waals surface area contributed by atoms with Gasteiger partial charge in [-0.05, 0) is 36.2 Å². The molecule has 2 aromatic carbocycles. The molecule has 0 spiro atoms. The molecule has 2 amide bonds. The number of rotatable bonds is 3. The number of aromatic amines is 1. The van der Waals surface area contributed by atoms with Crippen LogP contribution in [0.2, 0.25) is 0 Å². The second kappa shape index (κ2) is 7.00. The summed E-state index contributed by atoms with van der Waals surface area (Å²) >= 11 is 0. The van der Waals surface area contributed by atoms with Gasteiger partial charge in [-0.1, -0.05) is 24.3 Å². The summed E-state index contributed by atoms with van der Waals surface area (Å²) in [6.45, 7) is 1.89. The third-order valence-corrected chi connectivity index (χ3v) is 6.54. The third kappa shape index (κ3) is 2.79. The summed E-state index contributed by atoms with van der Waals surface area (Å²) in [6.07, 6.45) is -0.267. The lowest BCUT2D eigenvalue weighted by atomic mass is 9.86. The summed E-state index contributed by atoms with van der Waals surface area (Å²) in [4.78, 5) is 33.5. The monoisotopic (exact) mass is 433 g/mol. The average molecular weight is 433 g/mol. The Labute approximate surface area is 184 Å². The maximum absolute atomic E-state index is 13.4. The molecule has 8 heteroatoms. The molecule has 164 valence electrons. The highest BCUT2D eigenvalue weighted by atomic mass is 16.7. The zero-order chi connectivity index (χ0) is 22.0. The predicted octanol–water partition coefficient (Wildman–Crippen LogP) is 1.96. The van der Waals surface area contributed by atoms with E-state index in [1.807, 2.05) is 42.5 Å². The molecular weight excluding hydrogens is 410 g/mol. The summed E-state index contributed by atoms with van der Waals surface area (Å²) in [5.41, 5.74) is 3.80. The van der Waals surface area contributed by atoms with Gasteiger partial charge in [-0.3, -0.25) is 9.59 Å². The fourth-order valence-corrected chi connectivity index (χ4v) is 5.23. The van der Waals surface area contributed by atoms with Crippen LogP contribution in [0.5, 0.6) is 11.5 Å². The first kappa shape index (κ1) is 19.2. The minimum absolute atomic E-state index is 0.0448. The van der Waals surface area contributed by atoms with E-state index in [1.54, 1.807) is 11.8 Å². The molecule has 8 nitrogen and oxygen atoms in total. The van der Waals surface area contributed by atoms with Crippen molar-refractivity contribution in [2.45, 2.75) is 31.5 Å². The zero-order valence-corrected chi connectivity index (χ0v) is 17.6. The Hall–Kier alpha value is -3.52. The van der Waals surface area contributed by atoms with Crippen molar-refractivity contribution in [2.75, 3.05) is 19.9 Å². The number of amides is 2. The normalized spacial score (nSPS) is 22.8. The minimum atomic E-state index is -0.699. The van der Waals surface area contributed by atoms with E-state index < -0.39 is 18.2 Å². The van der Waals surface area contributed by atoms with Crippen molar-refractivity contribution in [2.24, 2.45) is 0 Å². The van der Waals surface area contributed by atoms with Crippen molar-refractivity contribution in [3.8, 4) is 11.5 Å². The van der Waals surface area contributed by atoms with Crippen molar-refractivity contribution in [1.29, 1.82) is 0 Å². The van der Waals surface area contributed by atoms with Crippen LogP contribution in [-0.2, 0) is 16.0 Å². The van der Waals surface area contributed by atoms with Crippen molar-refractivity contribution in [1.82, 2.24) is 14.8 Å². The van der Waals surface area contributed by atoms with Gasteiger partial charge >= 0.3 is 0 Å². The number of carbonyl (C=O) groups is 2. The van der Waals surface area contributed by atoms with Crippen LogP contribution in [0.1, 0.15) is 29.8 Å². The second-order valence-electron chi connectivity index (χ2n) is 8.67. The van der Waals surface area contributed by atoms with Crippen molar-refractivity contribution in [3.63, 3.8) is 0 Å². The molecule has 32 heavy (non-hydrogen) atoms. The van der Waals surface area contributed by atoms with Gasteiger partial charge in [0, 0.05) is 29.6 Å². The number of fused-ring (bicyclic) bond motifs is 5. The van der Waals surface area contributed by atoms with E-state index >= 15 is 0 Å². The maximum Gasteiger partial charge on any atom is 0.246 e. The summed E-state index contributed by atoms with van der Waals surface area (Å²) < 4.78 is 11.0. The molecule has 4 heterocycles. The van der Waals surface area contributed by atoms with Crippen LogP contribution in [0, 0.1) is 0 Å². The molecular formula is C24H23N3O5. The molecule has 0 saturated carbocycles. The van der Waals surface area contributed by atoms with Gasteiger partial charge in [0.25, 0.3) is 0 Å². The molecule has 3 aliphatic rings. The largest absolute Gasteiger partial charge is 0.454 e. The van der Waals surface area contributed by atoms with Gasteiger partial charge in [-0.15, -0.1) is 0 Å². The topological polar surface area (TPSA) is 95.1 Å². The molecule has 0 bridgehead atoms.